The molecule has 118 valence electrons. The van der Waals surface area contributed by atoms with E-state index >= 15 is 0 Å². The van der Waals surface area contributed by atoms with Gasteiger partial charge < -0.3 is 10.5 Å². The van der Waals surface area contributed by atoms with Crippen LogP contribution in [-0.2, 0) is 14.8 Å². The number of hydrogen-bond acceptors (Lipinski definition) is 4. The predicted octanol–water partition coefficient (Wildman–Crippen LogP) is 1.81. The lowest BCUT2D eigenvalue weighted by Crippen LogP contribution is -2.33. The molecule has 21 heavy (non-hydrogen) atoms. The molecule has 0 aromatic heterocycles. The number of rotatable bonds is 5. The fraction of sp³-hybridized carbons (Fsp3) is 0.571. The quantitative estimate of drug-likeness (QED) is 0.812. The van der Waals surface area contributed by atoms with Gasteiger partial charge in [-0.05, 0) is 37.5 Å². The van der Waals surface area contributed by atoms with Crippen LogP contribution in [0.25, 0.3) is 0 Å². The smallest absolute Gasteiger partial charge is 0.240 e. The van der Waals surface area contributed by atoms with Crippen molar-refractivity contribution in [3.8, 4) is 0 Å². The molecule has 2 unspecified atom stereocenters. The van der Waals surface area contributed by atoms with Crippen LogP contribution < -0.4 is 10.5 Å². The molecule has 0 amide bonds. The van der Waals surface area contributed by atoms with E-state index in [-0.39, 0.29) is 22.6 Å². The summed E-state index contributed by atoms with van der Waals surface area (Å²) in [5.41, 5.74) is 5.63. The Kier molecular flexibility index (Phi) is 4.85. The second kappa shape index (κ2) is 6.29. The highest BCUT2D eigenvalue weighted by Gasteiger charge is 2.28. The summed E-state index contributed by atoms with van der Waals surface area (Å²) in [6, 6.07) is 2.30. The van der Waals surface area contributed by atoms with Crippen molar-refractivity contribution >= 4 is 15.7 Å². The molecule has 2 rings (SSSR count). The van der Waals surface area contributed by atoms with Crippen LogP contribution in [0.2, 0.25) is 0 Å². The molecule has 7 heteroatoms. The minimum Gasteiger partial charge on any atom is -0.396 e. The van der Waals surface area contributed by atoms with Gasteiger partial charge in [0.25, 0.3) is 0 Å². The van der Waals surface area contributed by atoms with Gasteiger partial charge in [0, 0.05) is 19.1 Å². The van der Waals surface area contributed by atoms with Gasteiger partial charge in [-0.15, -0.1) is 0 Å². The van der Waals surface area contributed by atoms with Gasteiger partial charge in [-0.1, -0.05) is 6.92 Å². The molecule has 1 aliphatic heterocycles. The SMILES string of the molecule is CCC1OCCC1CNS(=O)(=O)c1cc(N)c(F)cc1C. The number of hydrogen-bond donors (Lipinski definition) is 2. The van der Waals surface area contributed by atoms with Gasteiger partial charge in [0.05, 0.1) is 16.7 Å². The normalized spacial score (nSPS) is 22.6. The first kappa shape index (κ1) is 16.2. The molecular formula is C14H21FN2O3S. The molecular weight excluding hydrogens is 295 g/mol. The van der Waals surface area contributed by atoms with E-state index in [2.05, 4.69) is 4.72 Å². The second-order valence-corrected chi connectivity index (χ2v) is 7.09. The van der Waals surface area contributed by atoms with Gasteiger partial charge in [0.1, 0.15) is 5.82 Å². The zero-order valence-corrected chi connectivity index (χ0v) is 13.0. The molecule has 1 fully saturated rings. The van der Waals surface area contributed by atoms with Gasteiger partial charge in [0.2, 0.25) is 10.0 Å². The first-order valence-electron chi connectivity index (χ1n) is 7.02. The van der Waals surface area contributed by atoms with Crippen molar-refractivity contribution in [1.82, 2.24) is 4.72 Å². The van der Waals surface area contributed by atoms with Crippen molar-refractivity contribution in [2.24, 2.45) is 5.92 Å². The third-order valence-corrected chi connectivity index (χ3v) is 5.43. The highest BCUT2D eigenvalue weighted by Crippen LogP contribution is 2.25. The van der Waals surface area contributed by atoms with Crippen molar-refractivity contribution in [3.63, 3.8) is 0 Å². The zero-order valence-electron chi connectivity index (χ0n) is 12.2. The minimum atomic E-state index is -3.70. The van der Waals surface area contributed by atoms with E-state index in [1.165, 1.54) is 0 Å². The number of halogens is 1. The Morgan fingerprint density at radius 1 is 1.48 bits per heavy atom. The van der Waals surface area contributed by atoms with E-state index in [1.54, 1.807) is 6.92 Å². The van der Waals surface area contributed by atoms with Gasteiger partial charge in [-0.25, -0.2) is 17.5 Å². The summed E-state index contributed by atoms with van der Waals surface area (Å²) in [6.07, 6.45) is 1.78. The molecule has 1 saturated heterocycles. The Morgan fingerprint density at radius 2 is 2.19 bits per heavy atom. The lowest BCUT2D eigenvalue weighted by molar-refractivity contribution is 0.0884. The van der Waals surface area contributed by atoms with Crippen molar-refractivity contribution in [2.75, 3.05) is 18.9 Å². The van der Waals surface area contributed by atoms with Crippen LogP contribution in [0.4, 0.5) is 10.1 Å². The van der Waals surface area contributed by atoms with Gasteiger partial charge in [-0.2, -0.15) is 0 Å². The first-order valence-corrected chi connectivity index (χ1v) is 8.50. The van der Waals surface area contributed by atoms with E-state index < -0.39 is 15.8 Å². The van der Waals surface area contributed by atoms with Crippen molar-refractivity contribution in [3.05, 3.63) is 23.5 Å². The van der Waals surface area contributed by atoms with Crippen molar-refractivity contribution in [1.29, 1.82) is 0 Å². The monoisotopic (exact) mass is 316 g/mol. The highest BCUT2D eigenvalue weighted by atomic mass is 32.2. The van der Waals surface area contributed by atoms with Crippen molar-refractivity contribution in [2.45, 2.75) is 37.7 Å². The predicted molar refractivity (Wildman–Crippen MR) is 78.9 cm³/mol. The molecule has 0 spiro atoms. The van der Waals surface area contributed by atoms with Crippen LogP contribution in [-0.4, -0.2) is 27.7 Å². The van der Waals surface area contributed by atoms with Crippen LogP contribution in [0.1, 0.15) is 25.3 Å². The molecule has 2 atom stereocenters. The van der Waals surface area contributed by atoms with Gasteiger partial charge >= 0.3 is 0 Å². The molecule has 0 saturated carbocycles. The maximum absolute atomic E-state index is 13.3. The number of nitrogens with one attached hydrogen (secondary N) is 1. The summed E-state index contributed by atoms with van der Waals surface area (Å²) < 4.78 is 46.1. The molecule has 0 radical (unpaired) electrons. The molecule has 0 bridgehead atoms. The lowest BCUT2D eigenvalue weighted by Gasteiger charge is -2.18. The van der Waals surface area contributed by atoms with E-state index in [9.17, 15) is 12.8 Å². The number of benzene rings is 1. The number of aryl methyl sites for hydroxylation is 1. The maximum Gasteiger partial charge on any atom is 0.240 e. The number of ether oxygens (including phenoxy) is 1. The number of sulfonamides is 1. The van der Waals surface area contributed by atoms with Crippen LogP contribution in [0.5, 0.6) is 0 Å². The maximum atomic E-state index is 13.3. The molecule has 1 aliphatic rings. The standard InChI is InChI=1S/C14H21FN2O3S/c1-3-13-10(4-5-20-13)8-17-21(18,19)14-7-12(16)11(15)6-9(14)2/h6-7,10,13,17H,3-5,8,16H2,1-2H3. The molecule has 3 N–H and O–H groups in total. The summed E-state index contributed by atoms with van der Waals surface area (Å²) in [5.74, 6) is -0.440. The number of anilines is 1. The Bertz CT molecular complexity index is 619. The molecule has 0 aliphatic carbocycles. The summed E-state index contributed by atoms with van der Waals surface area (Å²) in [7, 11) is -3.70. The Balaban J connectivity index is 2.14. The summed E-state index contributed by atoms with van der Waals surface area (Å²) in [6.45, 7) is 4.54. The highest BCUT2D eigenvalue weighted by molar-refractivity contribution is 7.89. The number of nitrogen functional groups attached to an aromatic ring is 1. The summed E-state index contributed by atoms with van der Waals surface area (Å²) in [4.78, 5) is 0.0216. The van der Waals surface area contributed by atoms with E-state index in [1.807, 2.05) is 6.92 Å². The lowest BCUT2D eigenvalue weighted by atomic mass is 10.0. The van der Waals surface area contributed by atoms with Crippen LogP contribution >= 0.6 is 0 Å². The fourth-order valence-electron chi connectivity index (χ4n) is 2.63. The first-order chi connectivity index (χ1) is 9.85. The van der Waals surface area contributed by atoms with Gasteiger partial charge in [0.15, 0.2) is 0 Å². The number of nitrogens with two attached hydrogens (primary N) is 1. The second-order valence-electron chi connectivity index (χ2n) is 5.36. The van der Waals surface area contributed by atoms with E-state index in [0.717, 1.165) is 25.0 Å². The topological polar surface area (TPSA) is 81.4 Å². The van der Waals surface area contributed by atoms with E-state index in [4.69, 9.17) is 10.5 Å². The summed E-state index contributed by atoms with van der Waals surface area (Å²) >= 11 is 0. The fourth-order valence-corrected chi connectivity index (χ4v) is 3.98. The molecule has 1 aromatic carbocycles. The van der Waals surface area contributed by atoms with Crippen LogP contribution in [0.15, 0.2) is 17.0 Å². The molecule has 5 nitrogen and oxygen atoms in total. The largest absolute Gasteiger partial charge is 0.396 e. The van der Waals surface area contributed by atoms with Gasteiger partial charge in [-0.3, -0.25) is 0 Å². The third kappa shape index (κ3) is 3.53. The average Bonchev–Trinajstić information content (AvgIpc) is 2.88. The Labute approximate surface area is 124 Å². The Morgan fingerprint density at radius 3 is 2.86 bits per heavy atom. The average molecular weight is 316 g/mol. The van der Waals surface area contributed by atoms with Crippen LogP contribution in [0, 0.1) is 18.7 Å². The minimum absolute atomic E-state index is 0.0216. The zero-order chi connectivity index (χ0) is 15.6. The summed E-state index contributed by atoms with van der Waals surface area (Å²) in [5, 5.41) is 0. The van der Waals surface area contributed by atoms with E-state index in [0.29, 0.717) is 18.7 Å². The molecule has 1 heterocycles. The van der Waals surface area contributed by atoms with Crippen LogP contribution in [0.3, 0.4) is 0 Å². The third-order valence-electron chi connectivity index (χ3n) is 3.87. The van der Waals surface area contributed by atoms with Crippen molar-refractivity contribution < 1.29 is 17.5 Å². The Hall–Kier alpha value is -1.18. The molecule has 1 aromatic rings.